The van der Waals surface area contributed by atoms with Gasteiger partial charge in [0, 0.05) is 11.0 Å². The average Bonchev–Trinajstić information content (AvgIpc) is 2.66. The molecule has 0 N–H and O–H groups in total. The molecule has 0 aliphatic rings. The van der Waals surface area contributed by atoms with Gasteiger partial charge in [-0.25, -0.2) is 0 Å². The van der Waals surface area contributed by atoms with Crippen molar-refractivity contribution in [1.29, 1.82) is 0 Å². The Bertz CT molecular complexity index is 331. The van der Waals surface area contributed by atoms with E-state index in [2.05, 4.69) is 6.92 Å². The van der Waals surface area contributed by atoms with Crippen LogP contribution in [-0.4, -0.2) is 5.78 Å². The van der Waals surface area contributed by atoms with Crippen LogP contribution in [0.15, 0.2) is 29.1 Å². The lowest BCUT2D eigenvalue weighted by Gasteiger charge is -2.19. The van der Waals surface area contributed by atoms with Crippen LogP contribution in [0.4, 0.5) is 0 Å². The molecule has 0 aromatic carbocycles. The summed E-state index contributed by atoms with van der Waals surface area (Å²) >= 11 is 0. The molecule has 2 nitrogen and oxygen atoms in total. The number of rotatable bonds is 5. The van der Waals surface area contributed by atoms with E-state index in [0.717, 1.165) is 18.4 Å². The maximum atomic E-state index is 11.8. The standard InChI is InChI=1S/C13H18O2/c1-4-8-13(2,3)12(14)6-5-11-7-9-15-10-11/h5-7,9-10H,4,8H2,1-3H3/b6-5+. The van der Waals surface area contributed by atoms with E-state index >= 15 is 0 Å². The molecule has 0 aliphatic carbocycles. The Morgan fingerprint density at radius 3 is 2.80 bits per heavy atom. The lowest BCUT2D eigenvalue weighted by atomic mass is 9.83. The summed E-state index contributed by atoms with van der Waals surface area (Å²) in [6, 6.07) is 1.83. The highest BCUT2D eigenvalue weighted by molar-refractivity contribution is 5.97. The van der Waals surface area contributed by atoms with Crippen molar-refractivity contribution < 1.29 is 9.21 Å². The van der Waals surface area contributed by atoms with Gasteiger partial charge >= 0.3 is 0 Å². The third kappa shape index (κ3) is 3.39. The van der Waals surface area contributed by atoms with Gasteiger partial charge in [0.05, 0.1) is 12.5 Å². The summed E-state index contributed by atoms with van der Waals surface area (Å²) in [6.07, 6.45) is 8.60. The first-order valence-electron chi connectivity index (χ1n) is 5.31. The fraction of sp³-hybridized carbons (Fsp3) is 0.462. The summed E-state index contributed by atoms with van der Waals surface area (Å²) in [7, 11) is 0. The Morgan fingerprint density at radius 2 is 2.27 bits per heavy atom. The minimum Gasteiger partial charge on any atom is -0.472 e. The van der Waals surface area contributed by atoms with Gasteiger partial charge in [-0.05, 0) is 24.6 Å². The van der Waals surface area contributed by atoms with Crippen molar-refractivity contribution in [3.8, 4) is 0 Å². The highest BCUT2D eigenvalue weighted by atomic mass is 16.3. The maximum Gasteiger partial charge on any atom is 0.161 e. The van der Waals surface area contributed by atoms with E-state index in [1.54, 1.807) is 24.7 Å². The molecule has 0 unspecified atom stereocenters. The lowest BCUT2D eigenvalue weighted by Crippen LogP contribution is -2.21. The molecule has 0 saturated heterocycles. The quantitative estimate of drug-likeness (QED) is 0.688. The van der Waals surface area contributed by atoms with Gasteiger partial charge in [-0.15, -0.1) is 0 Å². The Balaban J connectivity index is 2.62. The Labute approximate surface area is 91.0 Å². The Hall–Kier alpha value is -1.31. The topological polar surface area (TPSA) is 30.2 Å². The van der Waals surface area contributed by atoms with Crippen LogP contribution in [0.25, 0.3) is 6.08 Å². The van der Waals surface area contributed by atoms with Crippen LogP contribution in [0.3, 0.4) is 0 Å². The molecule has 1 heterocycles. The van der Waals surface area contributed by atoms with Crippen LogP contribution in [0.5, 0.6) is 0 Å². The molecule has 15 heavy (non-hydrogen) atoms. The van der Waals surface area contributed by atoms with Gasteiger partial charge in [-0.2, -0.15) is 0 Å². The van der Waals surface area contributed by atoms with E-state index in [-0.39, 0.29) is 11.2 Å². The van der Waals surface area contributed by atoms with Gasteiger partial charge in [-0.3, -0.25) is 4.79 Å². The molecule has 0 bridgehead atoms. The zero-order chi connectivity index (χ0) is 11.3. The number of hydrogen-bond acceptors (Lipinski definition) is 2. The van der Waals surface area contributed by atoms with E-state index in [0.29, 0.717) is 0 Å². The number of hydrogen-bond donors (Lipinski definition) is 0. The largest absolute Gasteiger partial charge is 0.472 e. The molecule has 0 fully saturated rings. The van der Waals surface area contributed by atoms with Crippen LogP contribution in [0, 0.1) is 5.41 Å². The van der Waals surface area contributed by atoms with Gasteiger partial charge in [0.2, 0.25) is 0 Å². The summed E-state index contributed by atoms with van der Waals surface area (Å²) in [4.78, 5) is 11.8. The molecule has 0 amide bonds. The smallest absolute Gasteiger partial charge is 0.161 e. The summed E-state index contributed by atoms with van der Waals surface area (Å²) in [5.74, 6) is 0.172. The summed E-state index contributed by atoms with van der Waals surface area (Å²) in [5.41, 5.74) is 0.672. The maximum absolute atomic E-state index is 11.8. The van der Waals surface area contributed by atoms with Crippen molar-refractivity contribution in [2.24, 2.45) is 5.41 Å². The van der Waals surface area contributed by atoms with E-state index in [4.69, 9.17) is 4.42 Å². The summed E-state index contributed by atoms with van der Waals surface area (Å²) in [6.45, 7) is 6.06. The van der Waals surface area contributed by atoms with E-state index in [1.807, 2.05) is 19.9 Å². The van der Waals surface area contributed by atoms with Crippen molar-refractivity contribution in [3.05, 3.63) is 30.2 Å². The second-order valence-corrected chi connectivity index (χ2v) is 4.39. The number of carbonyl (C=O) groups excluding carboxylic acids is 1. The van der Waals surface area contributed by atoms with Crippen molar-refractivity contribution >= 4 is 11.9 Å². The fourth-order valence-corrected chi connectivity index (χ4v) is 1.52. The molecular formula is C13H18O2. The van der Waals surface area contributed by atoms with Gasteiger partial charge in [0.15, 0.2) is 5.78 Å². The van der Waals surface area contributed by atoms with Crippen LogP contribution in [0.1, 0.15) is 39.2 Å². The normalized spacial score (nSPS) is 12.2. The molecule has 0 aliphatic heterocycles. The van der Waals surface area contributed by atoms with Gasteiger partial charge in [0.1, 0.15) is 0 Å². The number of carbonyl (C=O) groups is 1. The molecular weight excluding hydrogens is 188 g/mol. The van der Waals surface area contributed by atoms with Crippen LogP contribution in [-0.2, 0) is 4.79 Å². The van der Waals surface area contributed by atoms with Crippen molar-refractivity contribution in [3.63, 3.8) is 0 Å². The van der Waals surface area contributed by atoms with E-state index < -0.39 is 0 Å². The van der Waals surface area contributed by atoms with Crippen molar-refractivity contribution in [1.82, 2.24) is 0 Å². The molecule has 0 atom stereocenters. The summed E-state index contributed by atoms with van der Waals surface area (Å²) < 4.78 is 4.92. The molecule has 0 saturated carbocycles. The summed E-state index contributed by atoms with van der Waals surface area (Å²) in [5, 5.41) is 0. The van der Waals surface area contributed by atoms with Crippen LogP contribution >= 0.6 is 0 Å². The van der Waals surface area contributed by atoms with Crippen LogP contribution < -0.4 is 0 Å². The first kappa shape index (κ1) is 11.8. The number of allylic oxidation sites excluding steroid dienone is 1. The fourth-order valence-electron chi connectivity index (χ4n) is 1.52. The molecule has 1 aromatic heterocycles. The van der Waals surface area contributed by atoms with Crippen molar-refractivity contribution in [2.45, 2.75) is 33.6 Å². The highest BCUT2D eigenvalue weighted by Gasteiger charge is 2.23. The Kier molecular flexibility index (Phi) is 3.89. The molecule has 82 valence electrons. The Morgan fingerprint density at radius 1 is 1.53 bits per heavy atom. The average molecular weight is 206 g/mol. The first-order valence-corrected chi connectivity index (χ1v) is 5.31. The zero-order valence-corrected chi connectivity index (χ0v) is 9.62. The molecule has 0 radical (unpaired) electrons. The molecule has 2 heteroatoms. The number of ketones is 1. The minimum atomic E-state index is -0.255. The second kappa shape index (κ2) is 4.96. The third-order valence-electron chi connectivity index (χ3n) is 2.51. The predicted octanol–water partition coefficient (Wildman–Crippen LogP) is 3.69. The van der Waals surface area contributed by atoms with Gasteiger partial charge in [-0.1, -0.05) is 27.2 Å². The van der Waals surface area contributed by atoms with Gasteiger partial charge in [0.25, 0.3) is 0 Å². The lowest BCUT2D eigenvalue weighted by molar-refractivity contribution is -0.122. The minimum absolute atomic E-state index is 0.172. The SMILES string of the molecule is CCCC(C)(C)C(=O)/C=C/c1ccoc1. The second-order valence-electron chi connectivity index (χ2n) is 4.39. The van der Waals surface area contributed by atoms with Crippen molar-refractivity contribution in [2.75, 3.05) is 0 Å². The number of furan rings is 1. The molecule has 1 rings (SSSR count). The van der Waals surface area contributed by atoms with Crippen LogP contribution in [0.2, 0.25) is 0 Å². The predicted molar refractivity (Wildman–Crippen MR) is 61.4 cm³/mol. The zero-order valence-electron chi connectivity index (χ0n) is 9.62. The van der Waals surface area contributed by atoms with E-state index in [9.17, 15) is 4.79 Å². The molecule has 1 aromatic rings. The van der Waals surface area contributed by atoms with Gasteiger partial charge < -0.3 is 4.42 Å². The first-order chi connectivity index (χ1) is 7.06. The third-order valence-corrected chi connectivity index (χ3v) is 2.51. The highest BCUT2D eigenvalue weighted by Crippen LogP contribution is 2.24. The van der Waals surface area contributed by atoms with E-state index in [1.165, 1.54) is 0 Å². The monoisotopic (exact) mass is 206 g/mol. The molecule has 0 spiro atoms.